The zero-order valence-corrected chi connectivity index (χ0v) is 22.4. The molecule has 2 aliphatic heterocycles. The second-order valence-corrected chi connectivity index (χ2v) is 10.5. The van der Waals surface area contributed by atoms with Gasteiger partial charge in [-0.2, -0.15) is 0 Å². The number of primary amides is 1. The number of urea groups is 1. The van der Waals surface area contributed by atoms with Crippen molar-refractivity contribution in [3.05, 3.63) is 89.2 Å². The molecule has 3 aromatic carbocycles. The molecule has 0 saturated carbocycles. The monoisotopic (exact) mass is 568 g/mol. The Morgan fingerprint density at radius 1 is 0.976 bits per heavy atom. The molecule has 0 bridgehead atoms. The molecule has 5 aromatic rings. The van der Waals surface area contributed by atoms with Gasteiger partial charge in [0.25, 0.3) is 5.91 Å². The Labute approximate surface area is 238 Å². The fourth-order valence-corrected chi connectivity index (χ4v) is 5.85. The minimum atomic E-state index is -0.709. The number of carbonyl (C=O) groups excluding carboxylic acids is 2. The first-order valence-corrected chi connectivity index (χ1v) is 13.6. The number of aromatic amines is 1. The number of hydrogen-bond donors (Lipinski definition) is 3. The van der Waals surface area contributed by atoms with E-state index in [1.54, 1.807) is 18.2 Å². The van der Waals surface area contributed by atoms with E-state index in [0.29, 0.717) is 36.2 Å². The van der Waals surface area contributed by atoms with Gasteiger partial charge in [-0.25, -0.2) is 18.6 Å². The van der Waals surface area contributed by atoms with Crippen molar-refractivity contribution in [3.8, 4) is 11.1 Å². The molecule has 2 aliphatic rings. The summed E-state index contributed by atoms with van der Waals surface area (Å²) >= 11 is 0. The molecule has 9 nitrogen and oxygen atoms in total. The van der Waals surface area contributed by atoms with Crippen LogP contribution in [0.1, 0.15) is 21.6 Å². The van der Waals surface area contributed by atoms with Crippen molar-refractivity contribution in [2.24, 2.45) is 5.73 Å². The molecule has 2 aromatic heterocycles. The van der Waals surface area contributed by atoms with Crippen LogP contribution < -0.4 is 16.0 Å². The molecule has 0 aliphatic carbocycles. The molecule has 0 unspecified atom stereocenters. The van der Waals surface area contributed by atoms with Gasteiger partial charge < -0.3 is 30.6 Å². The number of fused-ring (bicyclic) bond motifs is 4. The van der Waals surface area contributed by atoms with Crippen molar-refractivity contribution in [2.45, 2.75) is 13.1 Å². The van der Waals surface area contributed by atoms with Crippen LogP contribution in [0.5, 0.6) is 0 Å². The molecule has 1 saturated heterocycles. The van der Waals surface area contributed by atoms with Crippen LogP contribution >= 0.6 is 0 Å². The second-order valence-electron chi connectivity index (χ2n) is 10.5. The van der Waals surface area contributed by atoms with E-state index in [-0.39, 0.29) is 29.3 Å². The maximum absolute atomic E-state index is 16.1. The second kappa shape index (κ2) is 10.1. The minimum absolute atomic E-state index is 0.0128. The molecule has 0 spiro atoms. The number of H-pyrrole nitrogens is 1. The largest absolute Gasteiger partial charge is 0.378 e. The van der Waals surface area contributed by atoms with E-state index in [2.05, 4.69) is 20.2 Å². The summed E-state index contributed by atoms with van der Waals surface area (Å²) in [4.78, 5) is 36.6. The van der Waals surface area contributed by atoms with Crippen molar-refractivity contribution in [1.82, 2.24) is 14.9 Å². The summed E-state index contributed by atoms with van der Waals surface area (Å²) in [5, 5.41) is 4.04. The molecule has 3 amide bonds. The van der Waals surface area contributed by atoms with Gasteiger partial charge in [0, 0.05) is 65.5 Å². The van der Waals surface area contributed by atoms with Gasteiger partial charge in [-0.3, -0.25) is 4.79 Å². The average molecular weight is 569 g/mol. The number of anilines is 2. The lowest BCUT2D eigenvalue weighted by Crippen LogP contribution is -2.36. The molecule has 11 heteroatoms. The highest BCUT2D eigenvalue weighted by atomic mass is 19.1. The van der Waals surface area contributed by atoms with Gasteiger partial charge in [-0.1, -0.05) is 24.3 Å². The first-order valence-electron chi connectivity index (χ1n) is 13.6. The number of pyridine rings is 1. The van der Waals surface area contributed by atoms with Crippen LogP contribution in [-0.2, 0) is 17.8 Å². The number of benzene rings is 3. The average Bonchev–Trinajstić information content (AvgIpc) is 3.59. The molecular weight excluding hydrogens is 542 g/mol. The molecule has 4 N–H and O–H groups in total. The number of nitrogens with one attached hydrogen (secondary N) is 2. The zero-order valence-electron chi connectivity index (χ0n) is 22.4. The van der Waals surface area contributed by atoms with Gasteiger partial charge in [0.05, 0.1) is 24.4 Å². The lowest BCUT2D eigenvalue weighted by Gasteiger charge is -2.28. The summed E-state index contributed by atoms with van der Waals surface area (Å²) < 4.78 is 35.2. The van der Waals surface area contributed by atoms with Crippen molar-refractivity contribution < 1.29 is 23.1 Å². The number of hydrogen-bond acceptors (Lipinski definition) is 5. The maximum Gasteiger partial charge on any atom is 0.322 e. The number of halogens is 2. The van der Waals surface area contributed by atoms with E-state index in [0.717, 1.165) is 40.8 Å². The smallest absolute Gasteiger partial charge is 0.322 e. The highest BCUT2D eigenvalue weighted by Crippen LogP contribution is 2.39. The summed E-state index contributed by atoms with van der Waals surface area (Å²) in [6.45, 7) is 3.31. The topological polar surface area (TPSA) is 117 Å². The molecule has 42 heavy (non-hydrogen) atoms. The minimum Gasteiger partial charge on any atom is -0.378 e. The van der Waals surface area contributed by atoms with E-state index < -0.39 is 17.8 Å². The third-order valence-electron chi connectivity index (χ3n) is 7.93. The molecule has 212 valence electrons. The highest BCUT2D eigenvalue weighted by Gasteiger charge is 2.26. The predicted octanol–water partition coefficient (Wildman–Crippen LogP) is 5.14. The van der Waals surface area contributed by atoms with Gasteiger partial charge >= 0.3 is 6.03 Å². The van der Waals surface area contributed by atoms with Crippen molar-refractivity contribution in [3.63, 3.8) is 0 Å². The Balaban J connectivity index is 1.27. The molecule has 7 rings (SSSR count). The summed E-state index contributed by atoms with van der Waals surface area (Å²) in [7, 11) is 0. The Hall–Kier alpha value is -5.03. The van der Waals surface area contributed by atoms with Crippen LogP contribution in [0.15, 0.2) is 60.8 Å². The Kier molecular flexibility index (Phi) is 6.23. The normalized spacial score (nSPS) is 14.9. The van der Waals surface area contributed by atoms with Gasteiger partial charge in [0.15, 0.2) is 11.5 Å². The Morgan fingerprint density at radius 3 is 2.60 bits per heavy atom. The van der Waals surface area contributed by atoms with Crippen LogP contribution in [0.2, 0.25) is 0 Å². The fourth-order valence-electron chi connectivity index (χ4n) is 5.85. The van der Waals surface area contributed by atoms with Crippen molar-refractivity contribution >= 4 is 45.1 Å². The van der Waals surface area contributed by atoms with Crippen LogP contribution in [0.3, 0.4) is 0 Å². The number of ether oxygens (including phenoxy) is 1. The first-order chi connectivity index (χ1) is 20.4. The van der Waals surface area contributed by atoms with Gasteiger partial charge in [0.1, 0.15) is 5.82 Å². The molecule has 0 atom stereocenters. The van der Waals surface area contributed by atoms with Crippen LogP contribution in [0.4, 0.5) is 25.0 Å². The van der Waals surface area contributed by atoms with Crippen molar-refractivity contribution in [1.29, 1.82) is 0 Å². The maximum atomic E-state index is 16.1. The van der Waals surface area contributed by atoms with Crippen LogP contribution in [0, 0.1) is 11.6 Å². The number of amides is 3. The predicted molar refractivity (Wildman–Crippen MR) is 155 cm³/mol. The van der Waals surface area contributed by atoms with E-state index in [9.17, 15) is 14.0 Å². The SMILES string of the molecule is NC(=O)c1ncc(-c2cccc(NC(=O)N3Cc4ccc(F)cc4C3)c2F)c2c1[nH]c1cc(N3CCOCC3)ccc12. The van der Waals surface area contributed by atoms with Gasteiger partial charge in [-0.15, -0.1) is 0 Å². The summed E-state index contributed by atoms with van der Waals surface area (Å²) in [6, 6.07) is 14.5. The van der Waals surface area contributed by atoms with E-state index >= 15 is 4.39 Å². The summed E-state index contributed by atoms with van der Waals surface area (Å²) in [5.74, 6) is -1.73. The van der Waals surface area contributed by atoms with E-state index in [1.165, 1.54) is 29.3 Å². The zero-order chi connectivity index (χ0) is 29.0. The number of morpholine rings is 1. The summed E-state index contributed by atoms with van der Waals surface area (Å²) in [6.07, 6.45) is 1.43. The standard InChI is InChI=1S/C31H26F2N6O3/c32-19-5-4-17-15-39(16-18(17)12-19)31(41)37-24-3-1-2-21(27(24)33)23-14-35-29(30(34)40)28-26(23)22-7-6-20(13-25(22)36-28)38-8-10-42-11-9-38/h1-7,12-14,36H,8-11,15-16H2,(H2,34,40)(H,37,41). The number of nitrogens with two attached hydrogens (primary N) is 1. The molecule has 1 fully saturated rings. The van der Waals surface area contributed by atoms with Crippen molar-refractivity contribution in [2.75, 3.05) is 36.5 Å². The summed E-state index contributed by atoms with van der Waals surface area (Å²) in [5.41, 5.74) is 10.1. The first kappa shape index (κ1) is 25.9. The van der Waals surface area contributed by atoms with Crippen LogP contribution in [0.25, 0.3) is 32.9 Å². The van der Waals surface area contributed by atoms with E-state index in [1.807, 2.05) is 18.2 Å². The lowest BCUT2D eigenvalue weighted by molar-refractivity contribution is 0.0997. The number of carbonyl (C=O) groups is 2. The molecule has 0 radical (unpaired) electrons. The quantitative estimate of drug-likeness (QED) is 0.278. The Bertz CT molecular complexity index is 1900. The van der Waals surface area contributed by atoms with Gasteiger partial charge in [-0.05, 0) is 41.5 Å². The number of nitrogens with zero attached hydrogens (tertiary/aromatic N) is 3. The molecular formula is C31H26F2N6O3. The van der Waals surface area contributed by atoms with Crippen LogP contribution in [-0.4, -0.2) is 53.1 Å². The fraction of sp³-hybridized carbons (Fsp3) is 0.194. The van der Waals surface area contributed by atoms with E-state index in [4.69, 9.17) is 10.5 Å². The van der Waals surface area contributed by atoms with Gasteiger partial charge in [0.2, 0.25) is 0 Å². The molecule has 4 heterocycles. The highest BCUT2D eigenvalue weighted by molar-refractivity contribution is 6.19. The number of rotatable bonds is 4. The lowest BCUT2D eigenvalue weighted by atomic mass is 9.99. The Morgan fingerprint density at radius 2 is 1.79 bits per heavy atom. The number of aromatic nitrogens is 2. The third kappa shape index (κ3) is 4.38. The third-order valence-corrected chi connectivity index (χ3v) is 7.93.